The molecular weight excluding hydrogens is 194 g/mol. The molecule has 1 aromatic heterocycles. The van der Waals surface area contributed by atoms with E-state index >= 15 is 0 Å². The predicted molar refractivity (Wildman–Crippen MR) is 56.6 cm³/mol. The first-order valence-electron chi connectivity index (χ1n) is 5.06. The number of amides is 1. The molecular formula is C10H17N3O2. The monoisotopic (exact) mass is 211 g/mol. The van der Waals surface area contributed by atoms with Gasteiger partial charge < -0.3 is 15.6 Å². The minimum atomic E-state index is -0.163. The SMILES string of the molecule is CCc1noc(C)c1C(=O)N[C@@H](C)CN. The molecule has 3 N–H and O–H groups in total. The molecule has 1 aromatic rings. The smallest absolute Gasteiger partial charge is 0.257 e. The second-order valence-corrected chi connectivity index (χ2v) is 3.52. The summed E-state index contributed by atoms with van der Waals surface area (Å²) in [5, 5.41) is 6.60. The largest absolute Gasteiger partial charge is 0.361 e. The predicted octanol–water partition coefficient (Wildman–Crippen LogP) is 0.622. The van der Waals surface area contributed by atoms with Crippen LogP contribution >= 0.6 is 0 Å². The summed E-state index contributed by atoms with van der Waals surface area (Å²) >= 11 is 0. The van der Waals surface area contributed by atoms with Gasteiger partial charge in [0.25, 0.3) is 5.91 Å². The number of carbonyl (C=O) groups is 1. The number of rotatable bonds is 4. The van der Waals surface area contributed by atoms with Gasteiger partial charge in [0.15, 0.2) is 0 Å². The zero-order valence-corrected chi connectivity index (χ0v) is 9.33. The van der Waals surface area contributed by atoms with Gasteiger partial charge in [0, 0.05) is 12.6 Å². The summed E-state index contributed by atoms with van der Waals surface area (Å²) in [6, 6.07) is -0.0449. The third kappa shape index (κ3) is 2.56. The van der Waals surface area contributed by atoms with Gasteiger partial charge in [-0.2, -0.15) is 0 Å². The van der Waals surface area contributed by atoms with E-state index in [-0.39, 0.29) is 11.9 Å². The molecule has 84 valence electrons. The Morgan fingerprint density at radius 2 is 2.33 bits per heavy atom. The summed E-state index contributed by atoms with van der Waals surface area (Å²) in [5.41, 5.74) is 6.66. The highest BCUT2D eigenvalue weighted by Gasteiger charge is 2.19. The van der Waals surface area contributed by atoms with Crippen molar-refractivity contribution in [3.05, 3.63) is 17.0 Å². The Balaban J connectivity index is 2.85. The quantitative estimate of drug-likeness (QED) is 0.765. The van der Waals surface area contributed by atoms with E-state index in [4.69, 9.17) is 10.3 Å². The van der Waals surface area contributed by atoms with Crippen molar-refractivity contribution < 1.29 is 9.32 Å². The molecule has 5 nitrogen and oxygen atoms in total. The third-order valence-electron chi connectivity index (χ3n) is 2.23. The van der Waals surface area contributed by atoms with Crippen molar-refractivity contribution in [1.82, 2.24) is 10.5 Å². The highest BCUT2D eigenvalue weighted by Crippen LogP contribution is 2.13. The number of carbonyl (C=O) groups excluding carboxylic acids is 1. The number of aryl methyl sites for hydroxylation is 2. The molecule has 0 unspecified atom stereocenters. The average Bonchev–Trinajstić information content (AvgIpc) is 2.59. The van der Waals surface area contributed by atoms with E-state index in [1.807, 2.05) is 13.8 Å². The number of hydrogen-bond acceptors (Lipinski definition) is 4. The van der Waals surface area contributed by atoms with Crippen molar-refractivity contribution >= 4 is 5.91 Å². The van der Waals surface area contributed by atoms with Gasteiger partial charge in [0.2, 0.25) is 0 Å². The molecule has 15 heavy (non-hydrogen) atoms. The van der Waals surface area contributed by atoms with Gasteiger partial charge in [-0.25, -0.2) is 0 Å². The van der Waals surface area contributed by atoms with Gasteiger partial charge in [-0.15, -0.1) is 0 Å². The highest BCUT2D eigenvalue weighted by molar-refractivity contribution is 5.96. The van der Waals surface area contributed by atoms with Crippen molar-refractivity contribution in [2.45, 2.75) is 33.2 Å². The minimum Gasteiger partial charge on any atom is -0.361 e. The van der Waals surface area contributed by atoms with Crippen LogP contribution in [0.4, 0.5) is 0 Å². The van der Waals surface area contributed by atoms with E-state index in [0.717, 1.165) is 0 Å². The Morgan fingerprint density at radius 1 is 1.67 bits per heavy atom. The maximum Gasteiger partial charge on any atom is 0.257 e. The zero-order chi connectivity index (χ0) is 11.4. The lowest BCUT2D eigenvalue weighted by atomic mass is 10.1. The second kappa shape index (κ2) is 4.93. The number of hydrogen-bond donors (Lipinski definition) is 2. The number of aromatic nitrogens is 1. The molecule has 0 saturated heterocycles. The van der Waals surface area contributed by atoms with Crippen LogP contribution in [-0.4, -0.2) is 23.7 Å². The van der Waals surface area contributed by atoms with Crippen LogP contribution in [0, 0.1) is 6.92 Å². The molecule has 0 spiro atoms. The van der Waals surface area contributed by atoms with Crippen LogP contribution < -0.4 is 11.1 Å². The number of nitrogens with one attached hydrogen (secondary N) is 1. The number of nitrogens with zero attached hydrogens (tertiary/aromatic N) is 1. The van der Waals surface area contributed by atoms with E-state index in [1.54, 1.807) is 6.92 Å². The van der Waals surface area contributed by atoms with Crippen molar-refractivity contribution in [2.24, 2.45) is 5.73 Å². The summed E-state index contributed by atoms with van der Waals surface area (Å²) in [6.07, 6.45) is 0.678. The third-order valence-corrected chi connectivity index (χ3v) is 2.23. The fraction of sp³-hybridized carbons (Fsp3) is 0.600. The molecule has 0 bridgehead atoms. The molecule has 0 saturated carbocycles. The first-order chi connectivity index (χ1) is 7.10. The van der Waals surface area contributed by atoms with Crippen LogP contribution in [0.2, 0.25) is 0 Å². The van der Waals surface area contributed by atoms with Crippen molar-refractivity contribution in [2.75, 3.05) is 6.54 Å². The van der Waals surface area contributed by atoms with Crippen LogP contribution in [0.3, 0.4) is 0 Å². The fourth-order valence-electron chi connectivity index (χ4n) is 1.31. The van der Waals surface area contributed by atoms with Gasteiger partial charge in [-0.3, -0.25) is 4.79 Å². The van der Waals surface area contributed by atoms with Gasteiger partial charge in [0.05, 0.1) is 5.69 Å². The standard InChI is InChI=1S/C10H17N3O2/c1-4-8-9(7(3)15-13-8)10(14)12-6(2)5-11/h6H,4-5,11H2,1-3H3,(H,12,14)/t6-/m0/s1. The maximum absolute atomic E-state index is 11.8. The molecule has 5 heteroatoms. The Labute approximate surface area is 89.0 Å². The van der Waals surface area contributed by atoms with Crippen LogP contribution in [-0.2, 0) is 6.42 Å². The Hall–Kier alpha value is -1.36. The molecule has 0 radical (unpaired) electrons. The first-order valence-corrected chi connectivity index (χ1v) is 5.06. The fourth-order valence-corrected chi connectivity index (χ4v) is 1.31. The van der Waals surface area contributed by atoms with Crippen LogP contribution in [0.5, 0.6) is 0 Å². The van der Waals surface area contributed by atoms with Crippen LogP contribution in [0.25, 0.3) is 0 Å². The highest BCUT2D eigenvalue weighted by atomic mass is 16.5. The summed E-state index contributed by atoms with van der Waals surface area (Å²) in [5.74, 6) is 0.386. The van der Waals surface area contributed by atoms with Gasteiger partial charge in [-0.1, -0.05) is 12.1 Å². The molecule has 1 amide bonds. The molecule has 0 aliphatic carbocycles. The van der Waals surface area contributed by atoms with E-state index in [2.05, 4.69) is 10.5 Å². The van der Waals surface area contributed by atoms with Gasteiger partial charge in [0.1, 0.15) is 11.3 Å². The molecule has 1 heterocycles. The topological polar surface area (TPSA) is 81.2 Å². The lowest BCUT2D eigenvalue weighted by molar-refractivity contribution is 0.0939. The van der Waals surface area contributed by atoms with Crippen molar-refractivity contribution in [3.63, 3.8) is 0 Å². The Kier molecular flexibility index (Phi) is 3.85. The second-order valence-electron chi connectivity index (χ2n) is 3.52. The van der Waals surface area contributed by atoms with Crippen molar-refractivity contribution in [3.8, 4) is 0 Å². The molecule has 0 aromatic carbocycles. The van der Waals surface area contributed by atoms with E-state index in [0.29, 0.717) is 30.0 Å². The summed E-state index contributed by atoms with van der Waals surface area (Å²) in [6.45, 7) is 5.93. The molecule has 0 aliphatic heterocycles. The van der Waals surface area contributed by atoms with Crippen LogP contribution in [0.1, 0.15) is 35.7 Å². The summed E-state index contributed by atoms with van der Waals surface area (Å²) in [7, 11) is 0. The number of nitrogens with two attached hydrogens (primary N) is 1. The normalized spacial score (nSPS) is 12.5. The zero-order valence-electron chi connectivity index (χ0n) is 9.33. The molecule has 0 fully saturated rings. The van der Waals surface area contributed by atoms with E-state index < -0.39 is 0 Å². The Bertz CT molecular complexity index is 346. The maximum atomic E-state index is 11.8. The van der Waals surface area contributed by atoms with E-state index in [9.17, 15) is 4.79 Å². The average molecular weight is 211 g/mol. The first kappa shape index (κ1) is 11.7. The van der Waals surface area contributed by atoms with Crippen LogP contribution in [0.15, 0.2) is 4.52 Å². The minimum absolute atomic E-state index is 0.0449. The lowest BCUT2D eigenvalue weighted by Crippen LogP contribution is -2.38. The van der Waals surface area contributed by atoms with Gasteiger partial charge in [-0.05, 0) is 20.3 Å². The molecule has 1 atom stereocenters. The van der Waals surface area contributed by atoms with E-state index in [1.165, 1.54) is 0 Å². The van der Waals surface area contributed by atoms with Crippen molar-refractivity contribution in [1.29, 1.82) is 0 Å². The summed E-state index contributed by atoms with van der Waals surface area (Å²) < 4.78 is 4.98. The molecule has 0 aliphatic rings. The van der Waals surface area contributed by atoms with Gasteiger partial charge >= 0.3 is 0 Å². The summed E-state index contributed by atoms with van der Waals surface area (Å²) in [4.78, 5) is 11.8. The molecule has 1 rings (SSSR count). The Morgan fingerprint density at radius 3 is 2.87 bits per heavy atom. The lowest BCUT2D eigenvalue weighted by Gasteiger charge is -2.10.